The first-order valence-corrected chi connectivity index (χ1v) is 7.35. The SMILES string of the molecule is CCCNC(CCC(C)C)c1ccc(F)c(C(F)(F)F)c1. The molecule has 1 N–H and O–H groups in total. The molecule has 1 aromatic carbocycles. The van der Waals surface area contributed by atoms with Gasteiger partial charge in [-0.1, -0.05) is 26.8 Å². The van der Waals surface area contributed by atoms with E-state index in [1.165, 1.54) is 6.07 Å². The Bertz CT molecular complexity index is 440. The molecule has 0 amide bonds. The molecule has 1 nitrogen and oxygen atoms in total. The maximum Gasteiger partial charge on any atom is 0.419 e. The molecule has 120 valence electrons. The van der Waals surface area contributed by atoms with Crippen LogP contribution in [0.1, 0.15) is 57.2 Å². The van der Waals surface area contributed by atoms with Gasteiger partial charge in [-0.15, -0.1) is 0 Å². The van der Waals surface area contributed by atoms with Crippen molar-refractivity contribution in [2.75, 3.05) is 6.54 Å². The molecule has 0 fully saturated rings. The van der Waals surface area contributed by atoms with Crippen molar-refractivity contribution in [1.29, 1.82) is 0 Å². The zero-order valence-corrected chi connectivity index (χ0v) is 12.7. The van der Waals surface area contributed by atoms with Gasteiger partial charge in [0.2, 0.25) is 0 Å². The molecule has 0 aromatic heterocycles. The number of hydrogen-bond donors (Lipinski definition) is 1. The summed E-state index contributed by atoms with van der Waals surface area (Å²) in [7, 11) is 0. The maximum atomic E-state index is 13.4. The Balaban J connectivity index is 3.00. The van der Waals surface area contributed by atoms with Crippen molar-refractivity contribution < 1.29 is 17.6 Å². The zero-order chi connectivity index (χ0) is 16.0. The van der Waals surface area contributed by atoms with Gasteiger partial charge in [-0.3, -0.25) is 0 Å². The number of nitrogens with one attached hydrogen (secondary N) is 1. The smallest absolute Gasteiger partial charge is 0.310 e. The van der Waals surface area contributed by atoms with Gasteiger partial charge in [-0.25, -0.2) is 4.39 Å². The van der Waals surface area contributed by atoms with Crippen molar-refractivity contribution in [3.05, 3.63) is 35.1 Å². The van der Waals surface area contributed by atoms with Crippen LogP contribution in [0.2, 0.25) is 0 Å². The third kappa shape index (κ3) is 5.65. The molecule has 0 spiro atoms. The highest BCUT2D eigenvalue weighted by atomic mass is 19.4. The minimum atomic E-state index is -4.66. The lowest BCUT2D eigenvalue weighted by atomic mass is 9.96. The molecule has 0 radical (unpaired) electrons. The molecule has 5 heteroatoms. The van der Waals surface area contributed by atoms with Gasteiger partial charge in [0.25, 0.3) is 0 Å². The predicted octanol–water partition coefficient (Wildman–Crippen LogP) is 5.32. The van der Waals surface area contributed by atoms with Crippen LogP contribution in [-0.2, 0) is 6.18 Å². The first-order valence-electron chi connectivity index (χ1n) is 7.35. The van der Waals surface area contributed by atoms with Crippen LogP contribution in [0.4, 0.5) is 17.6 Å². The molecule has 0 saturated heterocycles. The second kappa shape index (κ2) is 7.78. The van der Waals surface area contributed by atoms with Gasteiger partial charge in [-0.2, -0.15) is 13.2 Å². The molecule has 0 aliphatic carbocycles. The van der Waals surface area contributed by atoms with Gasteiger partial charge >= 0.3 is 6.18 Å². The Labute approximate surface area is 123 Å². The van der Waals surface area contributed by atoms with Crippen molar-refractivity contribution in [2.24, 2.45) is 5.92 Å². The number of hydrogen-bond acceptors (Lipinski definition) is 1. The molecule has 0 heterocycles. The van der Waals surface area contributed by atoms with E-state index in [-0.39, 0.29) is 6.04 Å². The lowest BCUT2D eigenvalue weighted by Crippen LogP contribution is -2.23. The summed E-state index contributed by atoms with van der Waals surface area (Å²) in [6.45, 7) is 6.87. The van der Waals surface area contributed by atoms with E-state index in [0.717, 1.165) is 37.9 Å². The van der Waals surface area contributed by atoms with Gasteiger partial charge in [-0.05, 0) is 49.4 Å². The fraction of sp³-hybridized carbons (Fsp3) is 0.625. The van der Waals surface area contributed by atoms with Crippen molar-refractivity contribution in [3.8, 4) is 0 Å². The van der Waals surface area contributed by atoms with E-state index in [0.29, 0.717) is 11.5 Å². The van der Waals surface area contributed by atoms with Gasteiger partial charge < -0.3 is 5.32 Å². The Hall–Kier alpha value is -1.10. The zero-order valence-electron chi connectivity index (χ0n) is 12.7. The highest BCUT2D eigenvalue weighted by molar-refractivity contribution is 5.29. The Morgan fingerprint density at radius 1 is 1.14 bits per heavy atom. The van der Waals surface area contributed by atoms with Crippen LogP contribution in [0.25, 0.3) is 0 Å². The summed E-state index contributed by atoms with van der Waals surface area (Å²) >= 11 is 0. The minimum Gasteiger partial charge on any atom is -0.310 e. The topological polar surface area (TPSA) is 12.0 Å². The van der Waals surface area contributed by atoms with Gasteiger partial charge in [0, 0.05) is 6.04 Å². The molecular formula is C16H23F4N. The van der Waals surface area contributed by atoms with E-state index in [1.807, 2.05) is 6.92 Å². The summed E-state index contributed by atoms with van der Waals surface area (Å²) in [4.78, 5) is 0. The number of halogens is 4. The van der Waals surface area contributed by atoms with E-state index in [4.69, 9.17) is 0 Å². The molecule has 1 aromatic rings. The van der Waals surface area contributed by atoms with E-state index in [9.17, 15) is 17.6 Å². The van der Waals surface area contributed by atoms with E-state index in [2.05, 4.69) is 19.2 Å². The molecule has 21 heavy (non-hydrogen) atoms. The summed E-state index contributed by atoms with van der Waals surface area (Å²) in [5.41, 5.74) is -0.689. The lowest BCUT2D eigenvalue weighted by molar-refractivity contribution is -0.140. The number of alkyl halides is 3. The quantitative estimate of drug-likeness (QED) is 0.672. The fourth-order valence-corrected chi connectivity index (χ4v) is 2.18. The molecule has 1 unspecified atom stereocenters. The normalized spacial score (nSPS) is 13.7. The number of benzene rings is 1. The summed E-state index contributed by atoms with van der Waals surface area (Å²) in [6.07, 6.45) is -2.13. The Morgan fingerprint density at radius 2 is 1.81 bits per heavy atom. The third-order valence-electron chi connectivity index (χ3n) is 3.37. The summed E-state index contributed by atoms with van der Waals surface area (Å²) < 4.78 is 51.7. The minimum absolute atomic E-state index is 0.172. The Kier molecular flexibility index (Phi) is 6.65. The first-order chi connectivity index (χ1) is 9.75. The van der Waals surface area contributed by atoms with Crippen LogP contribution in [0.3, 0.4) is 0 Å². The average molecular weight is 305 g/mol. The van der Waals surface area contributed by atoms with Crippen LogP contribution in [0.15, 0.2) is 18.2 Å². The monoisotopic (exact) mass is 305 g/mol. The van der Waals surface area contributed by atoms with Crippen LogP contribution in [0, 0.1) is 11.7 Å². The second-order valence-corrected chi connectivity index (χ2v) is 5.71. The first kappa shape index (κ1) is 18.0. The molecule has 0 aliphatic rings. The number of rotatable bonds is 7. The fourth-order valence-electron chi connectivity index (χ4n) is 2.18. The average Bonchev–Trinajstić information content (AvgIpc) is 2.38. The highest BCUT2D eigenvalue weighted by Gasteiger charge is 2.34. The van der Waals surface area contributed by atoms with Crippen LogP contribution in [0.5, 0.6) is 0 Å². The largest absolute Gasteiger partial charge is 0.419 e. The summed E-state index contributed by atoms with van der Waals surface area (Å²) in [5, 5.41) is 3.25. The lowest BCUT2D eigenvalue weighted by Gasteiger charge is -2.21. The molecule has 0 aliphatic heterocycles. The van der Waals surface area contributed by atoms with E-state index >= 15 is 0 Å². The summed E-state index contributed by atoms with van der Waals surface area (Å²) in [5.74, 6) is -0.747. The molecular weight excluding hydrogens is 282 g/mol. The van der Waals surface area contributed by atoms with Crippen LogP contribution < -0.4 is 5.32 Å². The van der Waals surface area contributed by atoms with Crippen LogP contribution in [-0.4, -0.2) is 6.54 Å². The van der Waals surface area contributed by atoms with Crippen molar-refractivity contribution in [3.63, 3.8) is 0 Å². The van der Waals surface area contributed by atoms with Crippen LogP contribution >= 0.6 is 0 Å². The molecule has 0 bridgehead atoms. The predicted molar refractivity (Wildman–Crippen MR) is 76.5 cm³/mol. The summed E-state index contributed by atoms with van der Waals surface area (Å²) in [6, 6.07) is 3.11. The van der Waals surface area contributed by atoms with E-state index < -0.39 is 17.6 Å². The second-order valence-electron chi connectivity index (χ2n) is 5.71. The van der Waals surface area contributed by atoms with Gasteiger partial charge in [0.1, 0.15) is 5.82 Å². The third-order valence-corrected chi connectivity index (χ3v) is 3.37. The van der Waals surface area contributed by atoms with Gasteiger partial charge in [0.15, 0.2) is 0 Å². The van der Waals surface area contributed by atoms with Crippen molar-refractivity contribution in [1.82, 2.24) is 5.32 Å². The molecule has 1 rings (SSSR count). The Morgan fingerprint density at radius 3 is 2.33 bits per heavy atom. The van der Waals surface area contributed by atoms with Crippen molar-refractivity contribution in [2.45, 2.75) is 52.3 Å². The van der Waals surface area contributed by atoms with Gasteiger partial charge in [0.05, 0.1) is 5.56 Å². The van der Waals surface area contributed by atoms with E-state index in [1.54, 1.807) is 0 Å². The standard InChI is InChI=1S/C16H23F4N/c1-4-9-21-15(8-5-11(2)3)12-6-7-14(17)13(10-12)16(18,19)20/h6-7,10-11,15,21H,4-5,8-9H2,1-3H3. The highest BCUT2D eigenvalue weighted by Crippen LogP contribution is 2.33. The van der Waals surface area contributed by atoms with Crippen molar-refractivity contribution >= 4 is 0 Å². The molecule has 0 saturated carbocycles. The maximum absolute atomic E-state index is 13.4. The molecule has 1 atom stereocenters.